The van der Waals surface area contributed by atoms with Gasteiger partial charge in [-0.2, -0.15) is 0 Å². The second-order valence-electron chi connectivity index (χ2n) is 4.46. The van der Waals surface area contributed by atoms with E-state index in [-0.39, 0.29) is 0 Å². The van der Waals surface area contributed by atoms with Gasteiger partial charge in [-0.1, -0.05) is 11.6 Å². The van der Waals surface area contributed by atoms with E-state index in [1.54, 1.807) is 0 Å². The summed E-state index contributed by atoms with van der Waals surface area (Å²) >= 11 is 6.19. The molecule has 0 aliphatic rings. The second-order valence-corrected chi connectivity index (χ2v) is 4.86. The number of halogens is 1. The van der Waals surface area contributed by atoms with E-state index in [0.29, 0.717) is 10.7 Å². The molecule has 0 fully saturated rings. The predicted octanol–water partition coefficient (Wildman–Crippen LogP) is 3.65. The zero-order chi connectivity index (χ0) is 13.8. The van der Waals surface area contributed by atoms with Crippen LogP contribution in [0.3, 0.4) is 0 Å². The summed E-state index contributed by atoms with van der Waals surface area (Å²) in [6.07, 6.45) is 3.84. The van der Waals surface area contributed by atoms with E-state index in [1.807, 2.05) is 73.3 Å². The third-order valence-electron chi connectivity index (χ3n) is 2.64. The quantitative estimate of drug-likeness (QED) is 0.621. The summed E-state index contributed by atoms with van der Waals surface area (Å²) in [5.41, 5.74) is 2.49. The molecule has 0 bridgehead atoms. The van der Waals surface area contributed by atoms with E-state index >= 15 is 0 Å². The maximum atomic E-state index is 6.19. The molecule has 0 unspecified atom stereocenters. The molecule has 0 spiro atoms. The van der Waals surface area contributed by atoms with Crippen LogP contribution < -0.4 is 9.47 Å². The Kier molecular flexibility index (Phi) is 4.12. The minimum absolute atomic E-state index is 0.593. The van der Waals surface area contributed by atoms with Crippen LogP contribution in [0.2, 0.25) is 5.02 Å². The molecular formula is C14H16ClN4+. The SMILES string of the molecule is CN(C)c1ccc(N=Nc2ccc[n+](C)c2)c(Cl)c1. The van der Waals surface area contributed by atoms with Crippen molar-refractivity contribution in [2.45, 2.75) is 0 Å². The molecular weight excluding hydrogens is 260 g/mol. The molecule has 1 aromatic heterocycles. The van der Waals surface area contributed by atoms with Crippen molar-refractivity contribution < 1.29 is 4.57 Å². The number of hydrogen-bond donors (Lipinski definition) is 0. The van der Waals surface area contributed by atoms with Gasteiger partial charge in [0.2, 0.25) is 0 Å². The topological polar surface area (TPSA) is 31.8 Å². The molecule has 0 atom stereocenters. The number of rotatable bonds is 3. The zero-order valence-electron chi connectivity index (χ0n) is 11.2. The van der Waals surface area contributed by atoms with Gasteiger partial charge in [0.1, 0.15) is 18.4 Å². The number of pyridine rings is 1. The fourth-order valence-electron chi connectivity index (χ4n) is 1.60. The Morgan fingerprint density at radius 1 is 1.16 bits per heavy atom. The largest absolute Gasteiger partial charge is 0.378 e. The number of aryl methyl sites for hydroxylation is 1. The van der Waals surface area contributed by atoms with Gasteiger partial charge < -0.3 is 4.90 Å². The molecule has 0 radical (unpaired) electrons. The molecule has 2 rings (SSSR count). The Morgan fingerprint density at radius 3 is 2.58 bits per heavy atom. The second kappa shape index (κ2) is 5.80. The summed E-state index contributed by atoms with van der Waals surface area (Å²) in [5, 5.41) is 8.95. The van der Waals surface area contributed by atoms with Crippen molar-refractivity contribution >= 4 is 28.7 Å². The van der Waals surface area contributed by atoms with Crippen LogP contribution in [0.15, 0.2) is 53.0 Å². The lowest BCUT2D eigenvalue weighted by Gasteiger charge is -2.12. The summed E-state index contributed by atoms with van der Waals surface area (Å²) in [6, 6.07) is 9.52. The Labute approximate surface area is 118 Å². The minimum Gasteiger partial charge on any atom is -0.378 e. The van der Waals surface area contributed by atoms with Crippen molar-refractivity contribution in [1.82, 2.24) is 0 Å². The highest BCUT2D eigenvalue weighted by Crippen LogP contribution is 2.30. The first-order chi connectivity index (χ1) is 9.06. The monoisotopic (exact) mass is 275 g/mol. The van der Waals surface area contributed by atoms with E-state index in [2.05, 4.69) is 10.2 Å². The zero-order valence-corrected chi connectivity index (χ0v) is 12.0. The Hall–Kier alpha value is -1.94. The summed E-state index contributed by atoms with van der Waals surface area (Å²) in [5.74, 6) is 0. The van der Waals surface area contributed by atoms with Crippen LogP contribution in [0.1, 0.15) is 0 Å². The van der Waals surface area contributed by atoms with E-state index < -0.39 is 0 Å². The van der Waals surface area contributed by atoms with Gasteiger partial charge in [-0.05, 0) is 24.3 Å². The Balaban J connectivity index is 2.24. The van der Waals surface area contributed by atoms with Crippen molar-refractivity contribution in [3.8, 4) is 0 Å². The minimum atomic E-state index is 0.593. The van der Waals surface area contributed by atoms with Crippen LogP contribution in [0, 0.1) is 0 Å². The Morgan fingerprint density at radius 2 is 1.95 bits per heavy atom. The summed E-state index contributed by atoms with van der Waals surface area (Å²) in [7, 11) is 5.88. The first kappa shape index (κ1) is 13.5. The molecule has 0 aliphatic heterocycles. The highest BCUT2D eigenvalue weighted by molar-refractivity contribution is 6.33. The lowest BCUT2D eigenvalue weighted by atomic mass is 10.3. The maximum absolute atomic E-state index is 6.19. The standard InChI is InChI=1S/C14H16ClN4/c1-18(2)12-6-7-14(13(15)9-12)17-16-11-5-4-8-19(3)10-11/h4-10H,1-3H3/q+1. The average Bonchev–Trinajstić information content (AvgIpc) is 2.37. The fraction of sp³-hybridized carbons (Fsp3) is 0.214. The third-order valence-corrected chi connectivity index (χ3v) is 2.95. The normalized spacial score (nSPS) is 10.9. The highest BCUT2D eigenvalue weighted by atomic mass is 35.5. The van der Waals surface area contributed by atoms with Gasteiger partial charge in [-0.3, -0.25) is 0 Å². The molecule has 0 saturated carbocycles. The van der Waals surface area contributed by atoms with E-state index in [1.165, 1.54) is 0 Å². The lowest BCUT2D eigenvalue weighted by molar-refractivity contribution is -0.670. The van der Waals surface area contributed by atoms with Gasteiger partial charge >= 0.3 is 0 Å². The predicted molar refractivity (Wildman–Crippen MR) is 77.6 cm³/mol. The molecule has 2 aromatic rings. The van der Waals surface area contributed by atoms with E-state index in [9.17, 15) is 0 Å². The molecule has 0 N–H and O–H groups in total. The average molecular weight is 276 g/mol. The van der Waals surface area contributed by atoms with E-state index in [4.69, 9.17) is 11.6 Å². The van der Waals surface area contributed by atoms with Crippen molar-refractivity contribution in [3.63, 3.8) is 0 Å². The molecule has 0 saturated heterocycles. The molecule has 19 heavy (non-hydrogen) atoms. The van der Waals surface area contributed by atoms with Crippen LogP contribution in [0.5, 0.6) is 0 Å². The van der Waals surface area contributed by atoms with Crippen molar-refractivity contribution in [2.75, 3.05) is 19.0 Å². The fourth-order valence-corrected chi connectivity index (χ4v) is 1.81. The summed E-state index contributed by atoms with van der Waals surface area (Å²) in [6.45, 7) is 0. The van der Waals surface area contributed by atoms with Gasteiger partial charge in [0.25, 0.3) is 0 Å². The van der Waals surface area contributed by atoms with Gasteiger partial charge in [0.05, 0.1) is 5.02 Å². The van der Waals surface area contributed by atoms with Crippen LogP contribution in [-0.2, 0) is 7.05 Å². The maximum Gasteiger partial charge on any atom is 0.196 e. The first-order valence-electron chi connectivity index (χ1n) is 5.90. The number of anilines is 1. The van der Waals surface area contributed by atoms with E-state index in [0.717, 1.165) is 11.4 Å². The van der Waals surface area contributed by atoms with Gasteiger partial charge in [0.15, 0.2) is 12.4 Å². The van der Waals surface area contributed by atoms with Crippen LogP contribution >= 0.6 is 11.6 Å². The number of benzene rings is 1. The number of aromatic nitrogens is 1. The number of nitrogens with zero attached hydrogens (tertiary/aromatic N) is 4. The van der Waals surface area contributed by atoms with Crippen molar-refractivity contribution in [1.29, 1.82) is 0 Å². The van der Waals surface area contributed by atoms with Gasteiger partial charge in [-0.15, -0.1) is 10.2 Å². The summed E-state index contributed by atoms with van der Waals surface area (Å²) < 4.78 is 1.92. The molecule has 0 aliphatic carbocycles. The molecule has 1 aromatic carbocycles. The van der Waals surface area contributed by atoms with Crippen LogP contribution in [-0.4, -0.2) is 14.1 Å². The molecule has 0 amide bonds. The molecule has 1 heterocycles. The van der Waals surface area contributed by atoms with Gasteiger partial charge in [0, 0.05) is 25.8 Å². The van der Waals surface area contributed by atoms with Crippen LogP contribution in [0.25, 0.3) is 0 Å². The first-order valence-corrected chi connectivity index (χ1v) is 6.28. The third kappa shape index (κ3) is 3.51. The smallest absolute Gasteiger partial charge is 0.196 e. The highest BCUT2D eigenvalue weighted by Gasteiger charge is 2.03. The number of azo groups is 1. The van der Waals surface area contributed by atoms with Crippen molar-refractivity contribution in [2.24, 2.45) is 17.3 Å². The summed E-state index contributed by atoms with van der Waals surface area (Å²) in [4.78, 5) is 1.99. The molecule has 5 heteroatoms. The van der Waals surface area contributed by atoms with Crippen LogP contribution in [0.4, 0.5) is 17.1 Å². The Bertz CT molecular complexity index is 608. The lowest BCUT2D eigenvalue weighted by Crippen LogP contribution is -2.25. The molecule has 98 valence electrons. The van der Waals surface area contributed by atoms with Crippen molar-refractivity contribution in [3.05, 3.63) is 47.7 Å². The van der Waals surface area contributed by atoms with Gasteiger partial charge in [-0.25, -0.2) is 4.57 Å². The molecule has 4 nitrogen and oxygen atoms in total. The number of hydrogen-bond acceptors (Lipinski definition) is 3.